The second kappa shape index (κ2) is 9.85. The maximum Gasteiger partial charge on any atom is 0.229 e. The zero-order valence-corrected chi connectivity index (χ0v) is 19.5. The lowest BCUT2D eigenvalue weighted by atomic mass is 10.0. The van der Waals surface area contributed by atoms with Crippen LogP contribution in [0.25, 0.3) is 0 Å². The highest BCUT2D eigenvalue weighted by Crippen LogP contribution is 2.25. The van der Waals surface area contributed by atoms with Crippen molar-refractivity contribution in [1.82, 2.24) is 15.0 Å². The van der Waals surface area contributed by atoms with Crippen LogP contribution in [0.4, 0.5) is 23.4 Å². The van der Waals surface area contributed by atoms with Gasteiger partial charge in [0.1, 0.15) is 17.5 Å². The van der Waals surface area contributed by atoms with E-state index in [-0.39, 0.29) is 0 Å². The molecular weight excluding hydrogens is 398 g/mol. The van der Waals surface area contributed by atoms with Crippen LogP contribution in [0.5, 0.6) is 0 Å². The van der Waals surface area contributed by atoms with Crippen molar-refractivity contribution in [1.29, 1.82) is 0 Å². The van der Waals surface area contributed by atoms with Gasteiger partial charge in [-0.2, -0.15) is 9.97 Å². The van der Waals surface area contributed by atoms with Crippen LogP contribution in [-0.4, -0.2) is 55.2 Å². The molecule has 0 radical (unpaired) electrons. The van der Waals surface area contributed by atoms with Crippen molar-refractivity contribution in [3.05, 3.63) is 66.0 Å². The molecule has 0 spiro atoms. The van der Waals surface area contributed by atoms with Crippen LogP contribution in [0, 0.1) is 5.92 Å². The van der Waals surface area contributed by atoms with E-state index in [9.17, 15) is 0 Å². The zero-order chi connectivity index (χ0) is 22.5. The summed E-state index contributed by atoms with van der Waals surface area (Å²) < 4.78 is 0. The van der Waals surface area contributed by atoms with Gasteiger partial charge in [0.15, 0.2) is 0 Å². The smallest absolute Gasteiger partial charge is 0.229 e. The molecule has 2 aliphatic rings. The number of aromatic nitrogens is 3. The Labute approximate surface area is 191 Å². The first-order valence-corrected chi connectivity index (χ1v) is 11.3. The van der Waals surface area contributed by atoms with Gasteiger partial charge in [-0.15, -0.1) is 0 Å². The number of pyridine rings is 1. The molecule has 4 rings (SSSR count). The number of nitrogens with one attached hydrogen (secondary N) is 1. The van der Waals surface area contributed by atoms with E-state index in [0.717, 1.165) is 61.7 Å². The molecule has 1 saturated heterocycles. The normalized spacial score (nSPS) is 23.3. The molecule has 2 aromatic heterocycles. The molecule has 1 atom stereocenters. The Morgan fingerprint density at radius 2 is 1.84 bits per heavy atom. The van der Waals surface area contributed by atoms with Crippen molar-refractivity contribution >= 4 is 23.4 Å². The summed E-state index contributed by atoms with van der Waals surface area (Å²) in [4.78, 5) is 20.8. The van der Waals surface area contributed by atoms with Gasteiger partial charge in [0.05, 0.1) is 0 Å². The standard InChI is InChI=1S/C25H33N7/c1-19-8-7-9-20(2)21(12-11-19)27-22-18-24(30(3)4)29-25(28-22)32-16-14-31(15-17-32)23-10-5-6-13-26-23/h5-10,12-13,18-19H,11,14-17H2,1-4H3,(H,27,28,29)/b8-7-,20-9-,21-12+. The highest BCUT2D eigenvalue weighted by atomic mass is 15.3. The molecule has 3 heterocycles. The minimum atomic E-state index is 0.518. The summed E-state index contributed by atoms with van der Waals surface area (Å²) in [6.07, 6.45) is 11.7. The van der Waals surface area contributed by atoms with Gasteiger partial charge in [0.25, 0.3) is 0 Å². The molecule has 7 heteroatoms. The lowest BCUT2D eigenvalue weighted by Gasteiger charge is -2.35. The third-order valence-corrected chi connectivity index (χ3v) is 5.86. The summed E-state index contributed by atoms with van der Waals surface area (Å²) in [5.74, 6) is 4.03. The monoisotopic (exact) mass is 431 g/mol. The second-order valence-electron chi connectivity index (χ2n) is 8.66. The quantitative estimate of drug-likeness (QED) is 0.765. The van der Waals surface area contributed by atoms with Gasteiger partial charge < -0.3 is 20.0 Å². The first kappa shape index (κ1) is 21.9. The highest BCUT2D eigenvalue weighted by Gasteiger charge is 2.21. The predicted molar refractivity (Wildman–Crippen MR) is 133 cm³/mol. The van der Waals surface area contributed by atoms with Gasteiger partial charge in [-0.05, 0) is 37.0 Å². The van der Waals surface area contributed by atoms with Crippen molar-refractivity contribution in [2.45, 2.75) is 20.3 Å². The molecule has 0 aromatic carbocycles. The Morgan fingerprint density at radius 1 is 1.06 bits per heavy atom. The van der Waals surface area contributed by atoms with Gasteiger partial charge in [-0.3, -0.25) is 0 Å². The number of hydrogen-bond acceptors (Lipinski definition) is 7. The topological polar surface area (TPSA) is 60.4 Å². The van der Waals surface area contributed by atoms with Crippen LogP contribution in [0.15, 0.2) is 66.0 Å². The van der Waals surface area contributed by atoms with E-state index in [1.54, 1.807) is 0 Å². The van der Waals surface area contributed by atoms with E-state index in [2.05, 4.69) is 64.3 Å². The van der Waals surface area contributed by atoms with Gasteiger partial charge >= 0.3 is 0 Å². The molecule has 168 valence electrons. The molecule has 1 aliphatic heterocycles. The van der Waals surface area contributed by atoms with Crippen LogP contribution in [0.1, 0.15) is 20.3 Å². The average Bonchev–Trinajstić information content (AvgIpc) is 2.81. The number of hydrogen-bond donors (Lipinski definition) is 1. The molecule has 1 aliphatic carbocycles. The van der Waals surface area contributed by atoms with E-state index < -0.39 is 0 Å². The zero-order valence-electron chi connectivity index (χ0n) is 19.5. The Hall–Kier alpha value is -3.35. The SMILES string of the molecule is CC1=C/C=C\C(C)C/C=C\1Nc1cc(N(C)C)nc(N2CCN(c3ccccn3)CC2)n1. The fourth-order valence-electron chi connectivity index (χ4n) is 3.84. The van der Waals surface area contributed by atoms with Gasteiger partial charge in [0.2, 0.25) is 5.95 Å². The summed E-state index contributed by atoms with van der Waals surface area (Å²) in [6.45, 7) is 7.87. The Balaban J connectivity index is 1.54. The molecule has 7 nitrogen and oxygen atoms in total. The minimum absolute atomic E-state index is 0.518. The van der Waals surface area contributed by atoms with Gasteiger partial charge in [0, 0.05) is 58.2 Å². The number of anilines is 4. The van der Waals surface area contributed by atoms with Crippen molar-refractivity contribution < 1.29 is 0 Å². The summed E-state index contributed by atoms with van der Waals surface area (Å²) in [7, 11) is 4.03. The van der Waals surface area contributed by atoms with Crippen molar-refractivity contribution in [3.63, 3.8) is 0 Å². The largest absolute Gasteiger partial charge is 0.363 e. The second-order valence-corrected chi connectivity index (χ2v) is 8.66. The fraction of sp³-hybridized carbons (Fsp3) is 0.400. The van der Waals surface area contributed by atoms with Crippen LogP contribution >= 0.6 is 0 Å². The molecule has 32 heavy (non-hydrogen) atoms. The van der Waals surface area contributed by atoms with Crippen LogP contribution in [0.3, 0.4) is 0 Å². The third-order valence-electron chi connectivity index (χ3n) is 5.86. The van der Waals surface area contributed by atoms with Gasteiger partial charge in [-0.1, -0.05) is 37.3 Å². The molecule has 0 amide bonds. The molecule has 1 fully saturated rings. The Morgan fingerprint density at radius 3 is 2.56 bits per heavy atom. The molecule has 1 unspecified atom stereocenters. The summed E-state index contributed by atoms with van der Waals surface area (Å²) in [6, 6.07) is 8.07. The van der Waals surface area contributed by atoms with E-state index in [1.165, 1.54) is 5.57 Å². The first-order valence-electron chi connectivity index (χ1n) is 11.3. The lowest BCUT2D eigenvalue weighted by Crippen LogP contribution is -2.47. The molecular formula is C25H33N7. The number of piperazine rings is 1. The molecule has 2 aromatic rings. The summed E-state index contributed by atoms with van der Waals surface area (Å²) in [5, 5.41) is 3.56. The predicted octanol–water partition coefficient (Wildman–Crippen LogP) is 4.10. The Bertz CT molecular complexity index is 1000. The van der Waals surface area contributed by atoms with Crippen LogP contribution in [-0.2, 0) is 0 Å². The maximum absolute atomic E-state index is 4.90. The van der Waals surface area contributed by atoms with Crippen molar-refractivity contribution in [3.8, 4) is 0 Å². The van der Waals surface area contributed by atoms with E-state index in [0.29, 0.717) is 5.92 Å². The fourth-order valence-corrected chi connectivity index (χ4v) is 3.84. The molecule has 0 bridgehead atoms. The van der Waals surface area contributed by atoms with E-state index in [1.807, 2.05) is 43.4 Å². The first-order chi connectivity index (χ1) is 15.5. The highest BCUT2D eigenvalue weighted by molar-refractivity contribution is 5.58. The number of nitrogens with zero attached hydrogens (tertiary/aromatic N) is 6. The summed E-state index contributed by atoms with van der Waals surface area (Å²) >= 11 is 0. The van der Waals surface area contributed by atoms with Crippen molar-refractivity contribution in [2.75, 3.05) is 60.3 Å². The van der Waals surface area contributed by atoms with Crippen LogP contribution in [0.2, 0.25) is 0 Å². The van der Waals surface area contributed by atoms with Gasteiger partial charge in [-0.25, -0.2) is 4.98 Å². The number of allylic oxidation sites excluding steroid dienone is 5. The van der Waals surface area contributed by atoms with Crippen molar-refractivity contribution in [2.24, 2.45) is 5.92 Å². The maximum atomic E-state index is 4.90. The molecule has 0 saturated carbocycles. The molecule has 1 N–H and O–H groups in total. The average molecular weight is 432 g/mol. The number of rotatable bonds is 5. The van der Waals surface area contributed by atoms with E-state index in [4.69, 9.17) is 9.97 Å². The Kier molecular flexibility index (Phi) is 6.73. The minimum Gasteiger partial charge on any atom is -0.363 e. The summed E-state index contributed by atoms with van der Waals surface area (Å²) in [5.41, 5.74) is 2.30. The third kappa shape index (κ3) is 5.28. The lowest BCUT2D eigenvalue weighted by molar-refractivity contribution is 0.635. The van der Waals surface area contributed by atoms with Crippen LogP contribution < -0.4 is 20.0 Å². The van der Waals surface area contributed by atoms with E-state index >= 15 is 0 Å².